The van der Waals surface area contributed by atoms with Crippen molar-refractivity contribution in [2.24, 2.45) is 5.73 Å². The molecule has 1 heterocycles. The minimum absolute atomic E-state index is 0.354. The molecular weight excluding hydrogens is 244 g/mol. The van der Waals surface area contributed by atoms with Gasteiger partial charge in [0.2, 0.25) is 5.91 Å². The highest BCUT2D eigenvalue weighted by Gasteiger charge is 2.09. The number of benzene rings is 1. The van der Waals surface area contributed by atoms with Crippen LogP contribution in [0.25, 0.3) is 10.4 Å². The maximum Gasteiger partial charge on any atom is 0.239 e. The number of rotatable bonds is 4. The fourth-order valence-electron chi connectivity index (χ4n) is 1.74. The molecule has 0 radical (unpaired) electrons. The highest BCUT2D eigenvalue weighted by molar-refractivity contribution is 7.13. The Morgan fingerprint density at radius 1 is 1.39 bits per heavy atom. The van der Waals surface area contributed by atoms with Gasteiger partial charge in [0.05, 0.1) is 0 Å². The lowest BCUT2D eigenvalue weighted by molar-refractivity contribution is -0.118. The Kier molecular flexibility index (Phi) is 3.67. The third-order valence-electron chi connectivity index (χ3n) is 2.80. The summed E-state index contributed by atoms with van der Waals surface area (Å²) >= 11 is 1.72. The van der Waals surface area contributed by atoms with Crippen molar-refractivity contribution >= 4 is 22.9 Å². The monoisotopic (exact) mass is 260 g/mol. The van der Waals surface area contributed by atoms with Gasteiger partial charge >= 0.3 is 0 Å². The summed E-state index contributed by atoms with van der Waals surface area (Å²) in [5.41, 5.74) is 8.57. The van der Waals surface area contributed by atoms with Crippen molar-refractivity contribution in [3.8, 4) is 10.4 Å². The summed E-state index contributed by atoms with van der Waals surface area (Å²) in [5.74, 6) is -0.354. The molecule has 1 amide bonds. The summed E-state index contributed by atoms with van der Waals surface area (Å²) in [6, 6.07) is 9.75. The van der Waals surface area contributed by atoms with Gasteiger partial charge in [0.25, 0.3) is 0 Å². The number of hydrogen-bond acceptors (Lipinski definition) is 3. The van der Waals surface area contributed by atoms with Crippen molar-refractivity contribution in [1.82, 2.24) is 0 Å². The number of aryl methyl sites for hydroxylation is 1. The van der Waals surface area contributed by atoms with Gasteiger partial charge in [-0.15, -0.1) is 11.3 Å². The standard InChI is InChI=1S/C14H16N2OS/c1-9-6-7-18-13(9)11-4-3-5-12(8-11)16-10(2)14(15)17/h3-8,10,16H,1-2H3,(H2,15,17)/t10-/m0/s1. The van der Waals surface area contributed by atoms with Gasteiger partial charge in [-0.05, 0) is 48.6 Å². The van der Waals surface area contributed by atoms with Crippen molar-refractivity contribution < 1.29 is 4.79 Å². The van der Waals surface area contributed by atoms with E-state index in [0.29, 0.717) is 0 Å². The first-order chi connectivity index (χ1) is 8.58. The molecule has 18 heavy (non-hydrogen) atoms. The highest BCUT2D eigenvalue weighted by atomic mass is 32.1. The SMILES string of the molecule is Cc1ccsc1-c1cccc(N[C@@H](C)C(N)=O)c1. The largest absolute Gasteiger partial charge is 0.374 e. The van der Waals surface area contributed by atoms with Crippen LogP contribution >= 0.6 is 11.3 Å². The van der Waals surface area contributed by atoms with Crippen LogP contribution in [0.2, 0.25) is 0 Å². The molecule has 1 aromatic carbocycles. The normalized spacial score (nSPS) is 12.1. The minimum atomic E-state index is -0.371. The van der Waals surface area contributed by atoms with Gasteiger partial charge in [-0.1, -0.05) is 12.1 Å². The molecule has 3 nitrogen and oxygen atoms in total. The first kappa shape index (κ1) is 12.6. The van der Waals surface area contributed by atoms with Gasteiger partial charge in [0, 0.05) is 10.6 Å². The predicted octanol–water partition coefficient (Wildman–Crippen LogP) is 3.01. The van der Waals surface area contributed by atoms with Crippen molar-refractivity contribution in [3.05, 3.63) is 41.3 Å². The van der Waals surface area contributed by atoms with E-state index in [-0.39, 0.29) is 11.9 Å². The van der Waals surface area contributed by atoms with Gasteiger partial charge in [0.15, 0.2) is 0 Å². The Hall–Kier alpha value is -1.81. The lowest BCUT2D eigenvalue weighted by atomic mass is 10.1. The lowest BCUT2D eigenvalue weighted by Crippen LogP contribution is -2.32. The maximum atomic E-state index is 11.0. The maximum absolute atomic E-state index is 11.0. The molecule has 2 aromatic rings. The molecule has 0 unspecified atom stereocenters. The molecule has 0 aliphatic heterocycles. The number of carbonyl (C=O) groups is 1. The van der Waals surface area contributed by atoms with E-state index in [1.54, 1.807) is 18.3 Å². The zero-order valence-electron chi connectivity index (χ0n) is 10.4. The van der Waals surface area contributed by atoms with Gasteiger partial charge < -0.3 is 11.1 Å². The smallest absolute Gasteiger partial charge is 0.239 e. The number of thiophene rings is 1. The van der Waals surface area contributed by atoms with Gasteiger partial charge in [-0.3, -0.25) is 4.79 Å². The third kappa shape index (κ3) is 2.71. The van der Waals surface area contributed by atoms with Crippen LogP contribution in [-0.4, -0.2) is 11.9 Å². The summed E-state index contributed by atoms with van der Waals surface area (Å²) in [4.78, 5) is 12.3. The van der Waals surface area contributed by atoms with E-state index in [1.165, 1.54) is 10.4 Å². The van der Waals surface area contributed by atoms with Crippen LogP contribution in [0.5, 0.6) is 0 Å². The Morgan fingerprint density at radius 3 is 2.78 bits per heavy atom. The average Bonchev–Trinajstić information content (AvgIpc) is 2.75. The second-order valence-corrected chi connectivity index (χ2v) is 5.20. The Labute approximate surface area is 111 Å². The minimum Gasteiger partial charge on any atom is -0.374 e. The van der Waals surface area contributed by atoms with E-state index >= 15 is 0 Å². The summed E-state index contributed by atoms with van der Waals surface area (Å²) in [6.45, 7) is 3.85. The van der Waals surface area contributed by atoms with Crippen LogP contribution < -0.4 is 11.1 Å². The molecule has 1 atom stereocenters. The first-order valence-corrected chi connectivity index (χ1v) is 6.66. The van der Waals surface area contributed by atoms with E-state index in [0.717, 1.165) is 11.3 Å². The van der Waals surface area contributed by atoms with Crippen LogP contribution in [0.3, 0.4) is 0 Å². The zero-order valence-corrected chi connectivity index (χ0v) is 11.3. The van der Waals surface area contributed by atoms with Crippen molar-refractivity contribution in [2.45, 2.75) is 19.9 Å². The number of nitrogens with two attached hydrogens (primary N) is 1. The Morgan fingerprint density at radius 2 is 2.17 bits per heavy atom. The van der Waals surface area contributed by atoms with E-state index < -0.39 is 0 Å². The van der Waals surface area contributed by atoms with Gasteiger partial charge in [0.1, 0.15) is 6.04 Å². The van der Waals surface area contributed by atoms with E-state index in [2.05, 4.69) is 29.8 Å². The van der Waals surface area contributed by atoms with E-state index in [1.807, 2.05) is 18.2 Å². The number of hydrogen-bond donors (Lipinski definition) is 2. The second kappa shape index (κ2) is 5.23. The molecular formula is C14H16N2OS. The summed E-state index contributed by atoms with van der Waals surface area (Å²) in [5, 5.41) is 5.17. The van der Waals surface area contributed by atoms with Crippen LogP contribution in [-0.2, 0) is 4.79 Å². The fourth-order valence-corrected chi connectivity index (χ4v) is 2.67. The molecule has 0 aliphatic rings. The predicted molar refractivity (Wildman–Crippen MR) is 76.8 cm³/mol. The molecule has 0 saturated heterocycles. The molecule has 94 valence electrons. The molecule has 1 aromatic heterocycles. The molecule has 4 heteroatoms. The van der Waals surface area contributed by atoms with Crippen LogP contribution in [0.1, 0.15) is 12.5 Å². The summed E-state index contributed by atoms with van der Waals surface area (Å²) in [6.07, 6.45) is 0. The average molecular weight is 260 g/mol. The zero-order chi connectivity index (χ0) is 13.1. The number of nitrogens with one attached hydrogen (secondary N) is 1. The Bertz CT molecular complexity index is 562. The number of amides is 1. The number of primary amides is 1. The summed E-state index contributed by atoms with van der Waals surface area (Å²) in [7, 11) is 0. The number of anilines is 1. The first-order valence-electron chi connectivity index (χ1n) is 5.78. The lowest BCUT2D eigenvalue weighted by Gasteiger charge is -2.12. The highest BCUT2D eigenvalue weighted by Crippen LogP contribution is 2.30. The van der Waals surface area contributed by atoms with Crippen molar-refractivity contribution in [3.63, 3.8) is 0 Å². The van der Waals surface area contributed by atoms with E-state index in [9.17, 15) is 4.79 Å². The molecule has 0 bridgehead atoms. The molecule has 3 N–H and O–H groups in total. The van der Waals surface area contributed by atoms with Crippen LogP contribution in [0.15, 0.2) is 35.7 Å². The molecule has 0 spiro atoms. The van der Waals surface area contributed by atoms with Crippen LogP contribution in [0, 0.1) is 6.92 Å². The quantitative estimate of drug-likeness (QED) is 0.888. The second-order valence-electron chi connectivity index (χ2n) is 4.28. The topological polar surface area (TPSA) is 55.1 Å². The van der Waals surface area contributed by atoms with E-state index in [4.69, 9.17) is 5.73 Å². The van der Waals surface area contributed by atoms with Crippen molar-refractivity contribution in [2.75, 3.05) is 5.32 Å². The fraction of sp³-hybridized carbons (Fsp3) is 0.214. The molecule has 0 aliphatic carbocycles. The molecule has 0 saturated carbocycles. The number of carbonyl (C=O) groups excluding carboxylic acids is 1. The Balaban J connectivity index is 2.26. The van der Waals surface area contributed by atoms with Crippen molar-refractivity contribution in [1.29, 1.82) is 0 Å². The van der Waals surface area contributed by atoms with Gasteiger partial charge in [-0.25, -0.2) is 0 Å². The third-order valence-corrected chi connectivity index (χ3v) is 3.86. The van der Waals surface area contributed by atoms with Gasteiger partial charge in [-0.2, -0.15) is 0 Å². The van der Waals surface area contributed by atoms with Crippen LogP contribution in [0.4, 0.5) is 5.69 Å². The summed E-state index contributed by atoms with van der Waals surface area (Å²) < 4.78 is 0. The molecule has 2 rings (SSSR count). The molecule has 0 fully saturated rings.